The van der Waals surface area contributed by atoms with E-state index in [1.54, 1.807) is 0 Å². The molecule has 6 nitrogen and oxygen atoms in total. The molecule has 1 spiro atoms. The lowest BCUT2D eigenvalue weighted by atomic mass is 9.61. The molecule has 0 N–H and O–H groups in total. The van der Waals surface area contributed by atoms with E-state index in [1.165, 1.54) is 7.11 Å². The van der Waals surface area contributed by atoms with Gasteiger partial charge in [-0.1, -0.05) is 18.7 Å². The molecule has 4 bridgehead atoms. The first-order chi connectivity index (χ1) is 15.5. The lowest BCUT2D eigenvalue weighted by molar-refractivity contribution is -0.168. The van der Waals surface area contributed by atoms with E-state index in [-0.39, 0.29) is 29.9 Å². The fourth-order valence-electron chi connectivity index (χ4n) is 8.56. The number of hydrogen-bond acceptors (Lipinski definition) is 6. The van der Waals surface area contributed by atoms with Gasteiger partial charge in [-0.25, -0.2) is 0 Å². The average Bonchev–Trinajstić information content (AvgIpc) is 3.10. The molecule has 0 aromatic carbocycles. The molecular weight excluding hydrogens is 464 g/mol. The fourth-order valence-corrected chi connectivity index (χ4v) is 11.1. The van der Waals surface area contributed by atoms with Crippen LogP contribution in [-0.2, 0) is 27.9 Å². The van der Waals surface area contributed by atoms with Crippen molar-refractivity contribution in [1.82, 2.24) is 0 Å². The first-order valence-corrected chi connectivity index (χ1v) is 19.4. The SMILES string of the molecule is C=C1C[C@]23C[C@@]1(O[Si](C)(C)C)[C@H](O[Si](C)(C)C)C[C@H]2[C@@]12CC=CC(C)(C(=O)O1)[C@H]2[C@@H]3C(=O)OC. The number of carbonyl (C=O) groups is 2. The van der Waals surface area contributed by atoms with Crippen molar-refractivity contribution in [2.24, 2.45) is 28.6 Å². The second-order valence-electron chi connectivity index (χ2n) is 13.5. The molecular formula is C26H40O6Si2. The molecule has 4 fully saturated rings. The van der Waals surface area contributed by atoms with Gasteiger partial charge in [0, 0.05) is 18.3 Å². The summed E-state index contributed by atoms with van der Waals surface area (Å²) in [6, 6.07) is 0. The van der Waals surface area contributed by atoms with E-state index in [4.69, 9.17) is 18.3 Å². The van der Waals surface area contributed by atoms with E-state index in [2.05, 4.69) is 51.9 Å². The Bertz CT molecular complexity index is 994. The Morgan fingerprint density at radius 1 is 1.18 bits per heavy atom. The molecule has 0 aromatic heterocycles. The third-order valence-corrected chi connectivity index (χ3v) is 11.1. The van der Waals surface area contributed by atoms with Crippen molar-refractivity contribution < 1.29 is 27.9 Å². The normalized spacial score (nSPS) is 46.8. The van der Waals surface area contributed by atoms with Crippen molar-refractivity contribution >= 4 is 28.6 Å². The van der Waals surface area contributed by atoms with Crippen LogP contribution in [0.1, 0.15) is 32.6 Å². The number of esters is 2. The van der Waals surface area contributed by atoms with Crippen LogP contribution in [0.2, 0.25) is 39.3 Å². The van der Waals surface area contributed by atoms with Crippen molar-refractivity contribution in [2.75, 3.05) is 7.11 Å². The van der Waals surface area contributed by atoms with Gasteiger partial charge in [-0.3, -0.25) is 9.59 Å². The second-order valence-corrected chi connectivity index (χ2v) is 22.4. The molecule has 0 amide bonds. The van der Waals surface area contributed by atoms with E-state index in [0.717, 1.165) is 5.57 Å². The first kappa shape index (κ1) is 24.5. The van der Waals surface area contributed by atoms with Crippen molar-refractivity contribution in [3.8, 4) is 0 Å². The van der Waals surface area contributed by atoms with E-state index < -0.39 is 44.6 Å². The third-order valence-electron chi connectivity index (χ3n) is 9.17. The molecule has 4 aliphatic carbocycles. The Morgan fingerprint density at radius 3 is 2.44 bits per heavy atom. The molecule has 3 saturated carbocycles. The number of hydrogen-bond donors (Lipinski definition) is 0. The summed E-state index contributed by atoms with van der Waals surface area (Å²) in [4.78, 5) is 26.8. The molecule has 1 unspecified atom stereocenters. The molecule has 1 saturated heterocycles. The number of fused-ring (bicyclic) bond motifs is 1. The molecule has 8 heteroatoms. The minimum atomic E-state index is -2.00. The highest BCUT2D eigenvalue weighted by Crippen LogP contribution is 2.78. The summed E-state index contributed by atoms with van der Waals surface area (Å²) in [6.07, 6.45) is 6.59. The predicted octanol–water partition coefficient (Wildman–Crippen LogP) is 4.83. The van der Waals surface area contributed by atoms with Gasteiger partial charge in [0.2, 0.25) is 0 Å². The maximum atomic E-state index is 13.6. The highest BCUT2D eigenvalue weighted by molar-refractivity contribution is 6.70. The topological polar surface area (TPSA) is 71.1 Å². The Morgan fingerprint density at radius 2 is 1.85 bits per heavy atom. The average molecular weight is 505 g/mol. The molecule has 1 aliphatic heterocycles. The number of carbonyl (C=O) groups excluding carboxylic acids is 2. The van der Waals surface area contributed by atoms with Gasteiger partial charge < -0.3 is 18.3 Å². The lowest BCUT2D eigenvalue weighted by Gasteiger charge is -2.53. The summed E-state index contributed by atoms with van der Waals surface area (Å²) in [7, 11) is -2.48. The maximum Gasteiger partial charge on any atom is 0.316 e. The molecule has 0 aromatic rings. The quantitative estimate of drug-likeness (QED) is 0.303. The van der Waals surface area contributed by atoms with E-state index in [1.807, 2.05) is 13.0 Å². The molecule has 34 heavy (non-hydrogen) atoms. The second kappa shape index (κ2) is 6.96. The van der Waals surface area contributed by atoms with Crippen LogP contribution in [0, 0.1) is 28.6 Å². The zero-order chi connectivity index (χ0) is 25.1. The van der Waals surface area contributed by atoms with E-state index in [0.29, 0.717) is 25.7 Å². The van der Waals surface area contributed by atoms with Crippen LogP contribution in [-0.4, -0.2) is 53.0 Å². The highest BCUT2D eigenvalue weighted by atomic mass is 28.4. The minimum Gasteiger partial charge on any atom is -0.469 e. The van der Waals surface area contributed by atoms with Crippen molar-refractivity contribution in [3.63, 3.8) is 0 Å². The zero-order valence-corrected chi connectivity index (χ0v) is 23.9. The van der Waals surface area contributed by atoms with Gasteiger partial charge in [0.1, 0.15) is 11.2 Å². The van der Waals surface area contributed by atoms with Crippen molar-refractivity contribution in [3.05, 3.63) is 24.3 Å². The van der Waals surface area contributed by atoms with Gasteiger partial charge in [-0.05, 0) is 76.5 Å². The standard InChI is InChI=1S/C26H40O6Si2/c1-16-14-24-15-26(16,32-34(7,8)9)18(31-33(4,5)6)13-17(24)25-12-10-11-23(2,22(28)30-25)20(25)19(24)21(27)29-3/h10-11,17-20H,1,12-15H2,2-9H3/t17-,18-,19-,20-,23?,24+,25-,26+/m1/s1. The predicted molar refractivity (Wildman–Crippen MR) is 134 cm³/mol. The van der Waals surface area contributed by atoms with Crippen LogP contribution in [0.4, 0.5) is 0 Å². The Hall–Kier alpha value is -1.23. The fraction of sp³-hybridized carbons (Fsp3) is 0.769. The van der Waals surface area contributed by atoms with Gasteiger partial charge in [0.15, 0.2) is 16.6 Å². The van der Waals surface area contributed by atoms with Gasteiger partial charge >= 0.3 is 11.9 Å². The molecule has 5 aliphatic rings. The van der Waals surface area contributed by atoms with Crippen LogP contribution < -0.4 is 0 Å². The number of rotatable bonds is 5. The van der Waals surface area contributed by atoms with Crippen LogP contribution in [0.3, 0.4) is 0 Å². The van der Waals surface area contributed by atoms with E-state index in [9.17, 15) is 9.59 Å². The van der Waals surface area contributed by atoms with Gasteiger partial charge in [0.05, 0.1) is 24.5 Å². The molecule has 5 rings (SSSR count). The van der Waals surface area contributed by atoms with Crippen molar-refractivity contribution in [1.29, 1.82) is 0 Å². The summed E-state index contributed by atoms with van der Waals surface area (Å²) in [5.74, 6) is -1.16. The summed E-state index contributed by atoms with van der Waals surface area (Å²) in [5.41, 5.74) is -1.54. The lowest BCUT2D eigenvalue weighted by Crippen LogP contribution is -2.60. The summed E-state index contributed by atoms with van der Waals surface area (Å²) in [6.45, 7) is 19.7. The Balaban J connectivity index is 1.72. The van der Waals surface area contributed by atoms with Gasteiger partial charge in [-0.2, -0.15) is 0 Å². The van der Waals surface area contributed by atoms with Crippen molar-refractivity contribution in [2.45, 2.75) is 89.2 Å². The summed E-state index contributed by atoms with van der Waals surface area (Å²) >= 11 is 0. The first-order valence-electron chi connectivity index (χ1n) is 12.6. The number of ether oxygens (including phenoxy) is 2. The summed E-state index contributed by atoms with van der Waals surface area (Å²) in [5, 5.41) is 0. The third kappa shape index (κ3) is 2.97. The summed E-state index contributed by atoms with van der Waals surface area (Å²) < 4.78 is 25.7. The monoisotopic (exact) mass is 504 g/mol. The Kier molecular flexibility index (Phi) is 5.01. The minimum absolute atomic E-state index is 0.0104. The largest absolute Gasteiger partial charge is 0.469 e. The number of methoxy groups -OCH3 is 1. The van der Waals surface area contributed by atoms with Gasteiger partial charge in [-0.15, -0.1) is 0 Å². The molecule has 0 radical (unpaired) electrons. The molecule has 8 atom stereocenters. The molecule has 188 valence electrons. The molecule has 1 heterocycles. The smallest absolute Gasteiger partial charge is 0.316 e. The Labute approximate surface area is 205 Å². The van der Waals surface area contributed by atoms with Gasteiger partial charge in [0.25, 0.3) is 0 Å². The zero-order valence-electron chi connectivity index (χ0n) is 21.9. The van der Waals surface area contributed by atoms with Crippen LogP contribution in [0.15, 0.2) is 24.3 Å². The highest BCUT2D eigenvalue weighted by Gasteiger charge is 2.84. The van der Waals surface area contributed by atoms with E-state index >= 15 is 0 Å². The van der Waals surface area contributed by atoms with Crippen LogP contribution in [0.5, 0.6) is 0 Å². The van der Waals surface area contributed by atoms with Crippen LogP contribution >= 0.6 is 0 Å². The maximum absolute atomic E-state index is 13.6. The van der Waals surface area contributed by atoms with Crippen LogP contribution in [0.25, 0.3) is 0 Å².